The summed E-state index contributed by atoms with van der Waals surface area (Å²) >= 11 is 1.57. The molecule has 0 bridgehead atoms. The van der Waals surface area contributed by atoms with E-state index in [4.69, 9.17) is 0 Å². The van der Waals surface area contributed by atoms with Crippen LogP contribution in [0, 0.1) is 13.8 Å². The van der Waals surface area contributed by atoms with Crippen LogP contribution >= 0.6 is 11.3 Å². The molecule has 0 saturated heterocycles. The van der Waals surface area contributed by atoms with E-state index in [1.807, 2.05) is 30.6 Å². The zero-order valence-corrected chi connectivity index (χ0v) is 17.7. The Hall–Kier alpha value is -3.52. The maximum atomic E-state index is 4.63. The van der Waals surface area contributed by atoms with Gasteiger partial charge in [0.2, 0.25) is 5.95 Å². The molecular weight excluding hydrogens is 394 g/mol. The number of thiazole rings is 1. The lowest BCUT2D eigenvalue weighted by Crippen LogP contribution is -2.12. The molecular formula is C22H23N7S. The molecule has 0 saturated carbocycles. The smallest absolute Gasteiger partial charge is 0.227 e. The number of aryl methyl sites for hydroxylation is 2. The maximum absolute atomic E-state index is 4.63. The number of benzene rings is 1. The first-order valence-corrected chi connectivity index (χ1v) is 10.5. The van der Waals surface area contributed by atoms with E-state index in [1.54, 1.807) is 23.7 Å². The van der Waals surface area contributed by atoms with Crippen LogP contribution in [0.3, 0.4) is 0 Å². The number of pyridine rings is 1. The zero-order valence-electron chi connectivity index (χ0n) is 16.9. The zero-order chi connectivity index (χ0) is 20.8. The first-order valence-electron chi connectivity index (χ1n) is 9.68. The van der Waals surface area contributed by atoms with E-state index in [2.05, 4.69) is 67.9 Å². The van der Waals surface area contributed by atoms with Crippen molar-refractivity contribution in [3.8, 4) is 10.7 Å². The van der Waals surface area contributed by atoms with Gasteiger partial charge in [-0.25, -0.2) is 15.0 Å². The molecule has 7 nitrogen and oxygen atoms in total. The summed E-state index contributed by atoms with van der Waals surface area (Å²) in [5.41, 5.74) is 5.18. The Balaban J connectivity index is 1.36. The number of rotatable bonds is 8. The molecule has 8 heteroatoms. The predicted octanol–water partition coefficient (Wildman–Crippen LogP) is 4.88. The molecule has 30 heavy (non-hydrogen) atoms. The normalized spacial score (nSPS) is 10.6. The third-order valence-corrected chi connectivity index (χ3v) is 5.25. The fraction of sp³-hybridized carbons (Fsp3) is 0.182. The van der Waals surface area contributed by atoms with Crippen molar-refractivity contribution in [3.05, 3.63) is 72.3 Å². The van der Waals surface area contributed by atoms with Crippen LogP contribution in [0.15, 0.2) is 61.2 Å². The van der Waals surface area contributed by atoms with Gasteiger partial charge >= 0.3 is 0 Å². The van der Waals surface area contributed by atoms with E-state index in [0.717, 1.165) is 40.2 Å². The van der Waals surface area contributed by atoms with Gasteiger partial charge in [-0.3, -0.25) is 4.98 Å². The fourth-order valence-electron chi connectivity index (χ4n) is 3.05. The molecule has 0 amide bonds. The molecule has 0 spiro atoms. The van der Waals surface area contributed by atoms with Crippen LogP contribution < -0.4 is 16.0 Å². The second-order valence-electron chi connectivity index (χ2n) is 6.89. The van der Waals surface area contributed by atoms with Crippen molar-refractivity contribution in [1.82, 2.24) is 19.9 Å². The molecule has 1 aromatic carbocycles. The SMILES string of the molecule is Cc1cc(C)cc(Nc2nccc(-c3ncc(NCCNc4cccnc4)s3)n2)c1. The van der Waals surface area contributed by atoms with E-state index in [-0.39, 0.29) is 0 Å². The minimum Gasteiger partial charge on any atom is -0.382 e. The summed E-state index contributed by atoms with van der Waals surface area (Å²) in [6, 6.07) is 12.1. The lowest BCUT2D eigenvalue weighted by molar-refractivity contribution is 1.08. The van der Waals surface area contributed by atoms with Crippen molar-refractivity contribution in [3.63, 3.8) is 0 Å². The van der Waals surface area contributed by atoms with Crippen LogP contribution in [0.2, 0.25) is 0 Å². The quantitative estimate of drug-likeness (QED) is 0.352. The van der Waals surface area contributed by atoms with Gasteiger partial charge in [-0.05, 0) is 55.3 Å². The number of nitrogens with zero attached hydrogens (tertiary/aromatic N) is 4. The van der Waals surface area contributed by atoms with Crippen molar-refractivity contribution in [2.24, 2.45) is 0 Å². The minimum atomic E-state index is 0.558. The lowest BCUT2D eigenvalue weighted by atomic mass is 10.1. The van der Waals surface area contributed by atoms with Crippen molar-refractivity contribution >= 4 is 33.7 Å². The molecule has 0 aliphatic carbocycles. The Morgan fingerprint density at radius 1 is 0.867 bits per heavy atom. The molecule has 0 unspecified atom stereocenters. The molecule has 4 rings (SSSR count). The Kier molecular flexibility index (Phi) is 6.14. The van der Waals surface area contributed by atoms with E-state index >= 15 is 0 Å². The van der Waals surface area contributed by atoms with Gasteiger partial charge in [0.25, 0.3) is 0 Å². The monoisotopic (exact) mass is 417 g/mol. The summed E-state index contributed by atoms with van der Waals surface area (Å²) in [7, 11) is 0. The standard InChI is InChI=1S/C22H23N7S/c1-15-10-16(2)12-18(11-15)28-22-26-7-5-19(29-22)21-27-14-20(30-21)25-9-8-24-17-4-3-6-23-13-17/h3-7,10-14,24-25H,8-9H2,1-2H3,(H,26,28,29). The second kappa shape index (κ2) is 9.32. The highest BCUT2D eigenvalue weighted by Crippen LogP contribution is 2.28. The third-order valence-electron chi connectivity index (χ3n) is 4.27. The van der Waals surface area contributed by atoms with Gasteiger partial charge in [-0.1, -0.05) is 17.4 Å². The number of hydrogen-bond donors (Lipinski definition) is 3. The van der Waals surface area contributed by atoms with E-state index < -0.39 is 0 Å². The molecule has 0 radical (unpaired) electrons. The molecule has 0 fully saturated rings. The van der Waals surface area contributed by atoms with Crippen molar-refractivity contribution in [2.45, 2.75) is 13.8 Å². The van der Waals surface area contributed by atoms with Crippen molar-refractivity contribution in [1.29, 1.82) is 0 Å². The summed E-state index contributed by atoms with van der Waals surface area (Å²) in [4.78, 5) is 17.6. The molecule has 4 aromatic rings. The first-order chi connectivity index (χ1) is 14.7. The van der Waals surface area contributed by atoms with Crippen molar-refractivity contribution < 1.29 is 0 Å². The van der Waals surface area contributed by atoms with Crippen LogP contribution in [-0.4, -0.2) is 33.0 Å². The minimum absolute atomic E-state index is 0.558. The van der Waals surface area contributed by atoms with Gasteiger partial charge in [-0.2, -0.15) is 0 Å². The van der Waals surface area contributed by atoms with E-state index in [9.17, 15) is 0 Å². The predicted molar refractivity (Wildman–Crippen MR) is 124 cm³/mol. The van der Waals surface area contributed by atoms with Gasteiger partial charge in [0.05, 0.1) is 11.9 Å². The number of nitrogens with one attached hydrogen (secondary N) is 3. The van der Waals surface area contributed by atoms with Crippen molar-refractivity contribution in [2.75, 3.05) is 29.0 Å². The number of aromatic nitrogens is 4. The van der Waals surface area contributed by atoms with Crippen LogP contribution in [-0.2, 0) is 0 Å². The Bertz CT molecular complexity index is 1090. The van der Waals surface area contributed by atoms with Crippen LogP contribution in [0.1, 0.15) is 11.1 Å². The fourth-order valence-corrected chi connectivity index (χ4v) is 3.86. The van der Waals surface area contributed by atoms with E-state index in [0.29, 0.717) is 5.95 Å². The Labute approximate surface area is 179 Å². The molecule has 3 heterocycles. The highest BCUT2D eigenvalue weighted by Gasteiger charge is 2.08. The van der Waals surface area contributed by atoms with Gasteiger partial charge in [0.1, 0.15) is 15.7 Å². The summed E-state index contributed by atoms with van der Waals surface area (Å²) in [5, 5.41) is 11.8. The number of anilines is 4. The molecule has 3 aromatic heterocycles. The first kappa shape index (κ1) is 19.8. The van der Waals surface area contributed by atoms with Crippen LogP contribution in [0.5, 0.6) is 0 Å². The molecule has 0 aliphatic rings. The molecule has 152 valence electrons. The largest absolute Gasteiger partial charge is 0.382 e. The number of hydrogen-bond acceptors (Lipinski definition) is 8. The van der Waals surface area contributed by atoms with Gasteiger partial charge < -0.3 is 16.0 Å². The Morgan fingerprint density at radius 3 is 2.50 bits per heavy atom. The van der Waals surface area contributed by atoms with Gasteiger partial charge in [0.15, 0.2) is 0 Å². The van der Waals surface area contributed by atoms with Crippen LogP contribution in [0.25, 0.3) is 10.7 Å². The maximum Gasteiger partial charge on any atom is 0.227 e. The summed E-state index contributed by atoms with van der Waals surface area (Å²) in [6.45, 7) is 5.72. The highest BCUT2D eigenvalue weighted by atomic mass is 32.1. The molecule has 3 N–H and O–H groups in total. The summed E-state index contributed by atoms with van der Waals surface area (Å²) in [5.74, 6) is 0.558. The van der Waals surface area contributed by atoms with Gasteiger partial charge in [0, 0.05) is 37.4 Å². The Morgan fingerprint density at radius 2 is 1.70 bits per heavy atom. The van der Waals surface area contributed by atoms with E-state index in [1.165, 1.54) is 11.1 Å². The summed E-state index contributed by atoms with van der Waals surface area (Å²) in [6.07, 6.45) is 7.16. The van der Waals surface area contributed by atoms with Gasteiger partial charge in [-0.15, -0.1) is 0 Å². The average molecular weight is 418 g/mol. The molecule has 0 atom stereocenters. The lowest BCUT2D eigenvalue weighted by Gasteiger charge is -2.08. The highest BCUT2D eigenvalue weighted by molar-refractivity contribution is 7.18. The second-order valence-corrected chi connectivity index (χ2v) is 7.92. The summed E-state index contributed by atoms with van der Waals surface area (Å²) < 4.78 is 0. The topological polar surface area (TPSA) is 87.7 Å². The molecule has 0 aliphatic heterocycles. The van der Waals surface area contributed by atoms with Crippen LogP contribution in [0.4, 0.5) is 22.3 Å². The third kappa shape index (κ3) is 5.30. The average Bonchev–Trinajstić information content (AvgIpc) is 3.21.